The lowest BCUT2D eigenvalue weighted by atomic mass is 9.93. The number of nitrogens with zero attached hydrogens (tertiary/aromatic N) is 1. The predicted molar refractivity (Wildman–Crippen MR) is 219 cm³/mol. The molecule has 0 N–H and O–H groups in total. The zero-order chi connectivity index (χ0) is 33.5. The number of rotatable bonds is 4. The third-order valence-electron chi connectivity index (χ3n) is 10.4. The van der Waals surface area contributed by atoms with Crippen molar-refractivity contribution in [2.75, 3.05) is 4.90 Å². The Kier molecular flexibility index (Phi) is 6.16. The fraction of sp³-hybridized carbons (Fsp3) is 0. The first-order valence-corrected chi connectivity index (χ1v) is 18.2. The molecule has 0 aliphatic carbocycles. The molecule has 0 spiro atoms. The topological polar surface area (TPSA) is 16.4 Å². The third-order valence-corrected chi connectivity index (χ3v) is 11.6. The SMILES string of the molecule is c1ccc2c(c1)cc(-c1ccc(N(c3ccc4c(c3)sc3ccccc34)c3cccc4oc5c6ccccc6ccc5c34)cc1)c1ccccc12. The Hall–Kier alpha value is -6.42. The number of benzene rings is 9. The van der Waals surface area contributed by atoms with Crippen molar-refractivity contribution in [3.63, 3.8) is 0 Å². The summed E-state index contributed by atoms with van der Waals surface area (Å²) >= 11 is 1.85. The van der Waals surface area contributed by atoms with E-state index in [1.54, 1.807) is 0 Å². The van der Waals surface area contributed by atoms with Gasteiger partial charge in [-0.25, -0.2) is 0 Å². The van der Waals surface area contributed by atoms with Crippen LogP contribution in [0, 0.1) is 0 Å². The molecule has 0 unspecified atom stereocenters. The smallest absolute Gasteiger partial charge is 0.143 e. The van der Waals surface area contributed by atoms with Crippen molar-refractivity contribution in [2.45, 2.75) is 0 Å². The summed E-state index contributed by atoms with van der Waals surface area (Å²) in [6.07, 6.45) is 0. The maximum Gasteiger partial charge on any atom is 0.143 e. The molecule has 51 heavy (non-hydrogen) atoms. The Bertz CT molecular complexity index is 3150. The number of hydrogen-bond acceptors (Lipinski definition) is 3. The van der Waals surface area contributed by atoms with Crippen molar-refractivity contribution >= 4 is 103 Å². The lowest BCUT2D eigenvalue weighted by Gasteiger charge is -2.26. The Balaban J connectivity index is 1.14. The second kappa shape index (κ2) is 11.0. The van der Waals surface area contributed by atoms with E-state index in [-0.39, 0.29) is 0 Å². The third kappa shape index (κ3) is 4.35. The van der Waals surface area contributed by atoms with Crippen LogP contribution in [0.2, 0.25) is 0 Å². The van der Waals surface area contributed by atoms with Crippen LogP contribution in [0.15, 0.2) is 180 Å². The zero-order valence-corrected chi connectivity index (χ0v) is 28.3. The summed E-state index contributed by atoms with van der Waals surface area (Å²) in [7, 11) is 0. The lowest BCUT2D eigenvalue weighted by Crippen LogP contribution is -2.10. The fourth-order valence-corrected chi connectivity index (χ4v) is 9.22. The monoisotopic (exact) mass is 667 g/mol. The minimum atomic E-state index is 0.881. The van der Waals surface area contributed by atoms with Crippen LogP contribution in [0.5, 0.6) is 0 Å². The molecule has 0 fully saturated rings. The van der Waals surface area contributed by atoms with Crippen LogP contribution in [0.3, 0.4) is 0 Å². The van der Waals surface area contributed by atoms with E-state index in [0.29, 0.717) is 0 Å². The maximum atomic E-state index is 6.67. The molecule has 0 aliphatic heterocycles. The van der Waals surface area contributed by atoms with Crippen LogP contribution < -0.4 is 4.90 Å². The molecular weight excluding hydrogens is 639 g/mol. The first kappa shape index (κ1) is 28.4. The molecule has 11 aromatic rings. The van der Waals surface area contributed by atoms with Gasteiger partial charge in [0.25, 0.3) is 0 Å². The molecule has 0 atom stereocenters. The Labute approximate surface area is 298 Å². The zero-order valence-electron chi connectivity index (χ0n) is 27.5. The van der Waals surface area contributed by atoms with Crippen molar-refractivity contribution in [2.24, 2.45) is 0 Å². The molecule has 0 saturated carbocycles. The quantitative estimate of drug-likeness (QED) is 0.174. The van der Waals surface area contributed by atoms with E-state index in [1.807, 2.05) is 11.3 Å². The molecule has 2 nitrogen and oxygen atoms in total. The molecule has 2 heterocycles. The van der Waals surface area contributed by atoms with Gasteiger partial charge >= 0.3 is 0 Å². The predicted octanol–water partition coefficient (Wildman–Crippen LogP) is 14.6. The van der Waals surface area contributed by atoms with Gasteiger partial charge in [-0.3, -0.25) is 0 Å². The van der Waals surface area contributed by atoms with Crippen LogP contribution >= 0.6 is 11.3 Å². The van der Waals surface area contributed by atoms with E-state index in [1.165, 1.54) is 58.2 Å². The van der Waals surface area contributed by atoms with Crippen molar-refractivity contribution in [1.82, 2.24) is 0 Å². The summed E-state index contributed by atoms with van der Waals surface area (Å²) in [6, 6.07) is 63.8. The van der Waals surface area contributed by atoms with Gasteiger partial charge in [0.05, 0.1) is 11.1 Å². The molecule has 9 aromatic carbocycles. The lowest BCUT2D eigenvalue weighted by molar-refractivity contribution is 0.672. The van der Waals surface area contributed by atoms with Gasteiger partial charge in [0, 0.05) is 42.3 Å². The van der Waals surface area contributed by atoms with Gasteiger partial charge < -0.3 is 9.32 Å². The summed E-state index contributed by atoms with van der Waals surface area (Å²) in [5.74, 6) is 0. The highest BCUT2D eigenvalue weighted by molar-refractivity contribution is 7.25. The van der Waals surface area contributed by atoms with E-state index in [9.17, 15) is 0 Å². The normalized spacial score (nSPS) is 11.9. The van der Waals surface area contributed by atoms with E-state index in [4.69, 9.17) is 4.42 Å². The van der Waals surface area contributed by atoms with Gasteiger partial charge in [-0.2, -0.15) is 0 Å². The van der Waals surface area contributed by atoms with Crippen molar-refractivity contribution in [1.29, 1.82) is 0 Å². The number of anilines is 3. The average Bonchev–Trinajstić information content (AvgIpc) is 3.77. The standard InChI is InChI=1S/C48H29NOS/c1-4-13-36-30(10-1)22-26-41-47-43(17-9-18-44(47)50-48(36)41)49(34-25-27-40-39-16-7-8-19-45(39)51-46(40)29-34)33-23-20-31(21-24-33)42-28-32-11-2-3-12-35(32)37-14-5-6-15-38(37)42/h1-29H. The van der Waals surface area contributed by atoms with Crippen LogP contribution in [0.1, 0.15) is 0 Å². The summed E-state index contributed by atoms with van der Waals surface area (Å²) in [5, 5.41) is 12.2. The first-order chi connectivity index (χ1) is 25.3. The summed E-state index contributed by atoms with van der Waals surface area (Å²) < 4.78 is 9.24. The van der Waals surface area contributed by atoms with Crippen LogP contribution in [-0.2, 0) is 0 Å². The van der Waals surface area contributed by atoms with Gasteiger partial charge in [-0.15, -0.1) is 11.3 Å². The molecule has 0 bridgehead atoms. The van der Waals surface area contributed by atoms with E-state index in [2.05, 4.69) is 181 Å². The molecular formula is C48H29NOS. The van der Waals surface area contributed by atoms with Crippen LogP contribution in [0.4, 0.5) is 17.1 Å². The molecule has 2 aromatic heterocycles. The number of hydrogen-bond donors (Lipinski definition) is 0. The van der Waals surface area contributed by atoms with E-state index >= 15 is 0 Å². The molecule has 0 radical (unpaired) electrons. The Morgan fingerprint density at radius 2 is 1.08 bits per heavy atom. The van der Waals surface area contributed by atoms with Crippen molar-refractivity contribution in [3.8, 4) is 11.1 Å². The molecule has 11 rings (SSSR count). The Morgan fingerprint density at radius 3 is 1.94 bits per heavy atom. The molecule has 238 valence electrons. The molecule has 0 amide bonds. The second-order valence-electron chi connectivity index (χ2n) is 13.3. The maximum absolute atomic E-state index is 6.67. The van der Waals surface area contributed by atoms with Crippen LogP contribution in [-0.4, -0.2) is 0 Å². The molecule has 3 heteroatoms. The summed E-state index contributed by atoms with van der Waals surface area (Å²) in [6.45, 7) is 0. The summed E-state index contributed by atoms with van der Waals surface area (Å²) in [4.78, 5) is 2.40. The van der Waals surface area contributed by atoms with Gasteiger partial charge in [0.15, 0.2) is 0 Å². The molecule has 0 aliphatic rings. The number of furan rings is 1. The first-order valence-electron chi connectivity index (χ1n) is 17.3. The largest absolute Gasteiger partial charge is 0.455 e. The highest BCUT2D eigenvalue weighted by Crippen LogP contribution is 2.46. The van der Waals surface area contributed by atoms with E-state index < -0.39 is 0 Å². The van der Waals surface area contributed by atoms with Crippen molar-refractivity contribution in [3.05, 3.63) is 176 Å². The minimum absolute atomic E-state index is 0.881. The Morgan fingerprint density at radius 1 is 0.412 bits per heavy atom. The number of thiophene rings is 1. The minimum Gasteiger partial charge on any atom is -0.455 e. The van der Waals surface area contributed by atoms with Gasteiger partial charge in [0.1, 0.15) is 11.2 Å². The van der Waals surface area contributed by atoms with Crippen LogP contribution in [0.25, 0.3) is 85.6 Å². The highest BCUT2D eigenvalue weighted by atomic mass is 32.1. The van der Waals surface area contributed by atoms with Gasteiger partial charge in [-0.05, 0) is 92.7 Å². The van der Waals surface area contributed by atoms with E-state index in [0.717, 1.165) is 44.4 Å². The number of fused-ring (bicyclic) bond motifs is 11. The molecule has 0 saturated heterocycles. The highest BCUT2D eigenvalue weighted by Gasteiger charge is 2.21. The second-order valence-corrected chi connectivity index (χ2v) is 14.4. The van der Waals surface area contributed by atoms with Crippen molar-refractivity contribution < 1.29 is 4.42 Å². The van der Waals surface area contributed by atoms with Gasteiger partial charge in [0.2, 0.25) is 0 Å². The van der Waals surface area contributed by atoms with Gasteiger partial charge in [-0.1, -0.05) is 121 Å². The summed E-state index contributed by atoms with van der Waals surface area (Å²) in [5.41, 5.74) is 7.53. The average molecular weight is 668 g/mol. The fourth-order valence-electron chi connectivity index (χ4n) is 8.09.